The molecule has 60 valence electrons. The number of rotatable bonds is 1. The standard InChI is InChI=1S/C5H9FO4/c6-5(9)3(8)2-10-4(5)1-7/h3-4,7-9H,1-2H2/t3-,4+,5+/m0/s1. The molecule has 0 saturated carbocycles. The average molecular weight is 152 g/mol. The number of aliphatic hydroxyl groups is 3. The van der Waals surface area contributed by atoms with Crippen molar-refractivity contribution in [3.8, 4) is 0 Å². The van der Waals surface area contributed by atoms with Gasteiger partial charge in [-0.05, 0) is 0 Å². The van der Waals surface area contributed by atoms with Crippen molar-refractivity contribution in [2.24, 2.45) is 0 Å². The summed E-state index contributed by atoms with van der Waals surface area (Å²) in [6.45, 7) is -0.914. The quantitative estimate of drug-likeness (QED) is 0.423. The zero-order valence-corrected chi connectivity index (χ0v) is 5.20. The Balaban J connectivity index is 2.64. The average Bonchev–Trinajstić information content (AvgIpc) is 2.10. The van der Waals surface area contributed by atoms with Crippen LogP contribution in [0.4, 0.5) is 4.39 Å². The van der Waals surface area contributed by atoms with E-state index in [1.165, 1.54) is 0 Å². The third kappa shape index (κ3) is 1.01. The van der Waals surface area contributed by atoms with Crippen LogP contribution in [0.3, 0.4) is 0 Å². The van der Waals surface area contributed by atoms with E-state index in [1.807, 2.05) is 0 Å². The Kier molecular flexibility index (Phi) is 1.91. The van der Waals surface area contributed by atoms with Gasteiger partial charge in [-0.3, -0.25) is 0 Å². The molecule has 0 aromatic rings. The van der Waals surface area contributed by atoms with Crippen LogP contribution in [0.5, 0.6) is 0 Å². The highest BCUT2D eigenvalue weighted by Gasteiger charge is 2.50. The molecule has 1 aliphatic heterocycles. The predicted molar refractivity (Wildman–Crippen MR) is 28.9 cm³/mol. The maximum atomic E-state index is 12.7. The minimum atomic E-state index is -2.80. The maximum Gasteiger partial charge on any atom is 0.263 e. The van der Waals surface area contributed by atoms with Gasteiger partial charge in [0.15, 0.2) is 0 Å². The lowest BCUT2D eigenvalue weighted by Crippen LogP contribution is -2.44. The van der Waals surface area contributed by atoms with Gasteiger partial charge >= 0.3 is 0 Å². The van der Waals surface area contributed by atoms with Crippen molar-refractivity contribution >= 4 is 0 Å². The van der Waals surface area contributed by atoms with E-state index in [4.69, 9.17) is 15.3 Å². The number of aliphatic hydroxyl groups excluding tert-OH is 2. The van der Waals surface area contributed by atoms with E-state index in [2.05, 4.69) is 4.74 Å². The Morgan fingerprint density at radius 1 is 1.70 bits per heavy atom. The summed E-state index contributed by atoms with van der Waals surface area (Å²) in [4.78, 5) is 0. The Bertz CT molecular complexity index is 127. The fraction of sp³-hybridized carbons (Fsp3) is 1.00. The Morgan fingerprint density at radius 2 is 2.30 bits per heavy atom. The van der Waals surface area contributed by atoms with Gasteiger partial charge in [0.05, 0.1) is 13.2 Å². The first kappa shape index (κ1) is 7.87. The van der Waals surface area contributed by atoms with Crippen LogP contribution in [0, 0.1) is 0 Å². The lowest BCUT2D eigenvalue weighted by molar-refractivity contribution is -0.181. The summed E-state index contributed by atoms with van der Waals surface area (Å²) in [6.07, 6.45) is -2.87. The molecule has 0 aliphatic carbocycles. The van der Waals surface area contributed by atoms with Gasteiger partial charge in [0.1, 0.15) is 12.2 Å². The molecule has 0 amide bonds. The largest absolute Gasteiger partial charge is 0.393 e. The summed E-state index contributed by atoms with van der Waals surface area (Å²) in [6, 6.07) is 0. The van der Waals surface area contributed by atoms with Crippen LogP contribution in [-0.2, 0) is 4.74 Å². The molecular weight excluding hydrogens is 143 g/mol. The van der Waals surface area contributed by atoms with Crippen LogP contribution in [-0.4, -0.2) is 46.6 Å². The molecule has 3 atom stereocenters. The molecule has 3 N–H and O–H groups in total. The van der Waals surface area contributed by atoms with Crippen molar-refractivity contribution in [3.63, 3.8) is 0 Å². The third-order valence-corrected chi connectivity index (χ3v) is 1.54. The van der Waals surface area contributed by atoms with Crippen molar-refractivity contribution in [3.05, 3.63) is 0 Å². The van der Waals surface area contributed by atoms with Gasteiger partial charge in [0.25, 0.3) is 5.85 Å². The molecule has 1 aliphatic rings. The molecule has 0 spiro atoms. The van der Waals surface area contributed by atoms with Crippen molar-refractivity contribution < 1.29 is 24.4 Å². The van der Waals surface area contributed by atoms with Crippen LogP contribution in [0.15, 0.2) is 0 Å². The molecule has 0 bridgehead atoms. The molecule has 0 unspecified atom stereocenters. The van der Waals surface area contributed by atoms with E-state index in [-0.39, 0.29) is 6.61 Å². The molecular formula is C5H9FO4. The first-order chi connectivity index (χ1) is 4.59. The number of halogens is 1. The van der Waals surface area contributed by atoms with Crippen LogP contribution in [0.1, 0.15) is 0 Å². The van der Waals surface area contributed by atoms with Crippen molar-refractivity contribution in [2.45, 2.75) is 18.1 Å². The molecule has 5 heteroatoms. The molecule has 0 radical (unpaired) electrons. The van der Waals surface area contributed by atoms with E-state index < -0.39 is 24.7 Å². The second-order valence-corrected chi connectivity index (χ2v) is 2.25. The summed E-state index contributed by atoms with van der Waals surface area (Å²) in [5.74, 6) is -2.80. The normalized spacial score (nSPS) is 48.0. The van der Waals surface area contributed by atoms with Crippen LogP contribution in [0.25, 0.3) is 0 Å². The number of alkyl halides is 1. The molecule has 0 aromatic carbocycles. The van der Waals surface area contributed by atoms with Crippen molar-refractivity contribution in [1.82, 2.24) is 0 Å². The topological polar surface area (TPSA) is 69.9 Å². The Morgan fingerprint density at radius 3 is 2.50 bits per heavy atom. The molecule has 1 fully saturated rings. The van der Waals surface area contributed by atoms with Crippen LogP contribution in [0.2, 0.25) is 0 Å². The fourth-order valence-corrected chi connectivity index (χ4v) is 0.836. The van der Waals surface area contributed by atoms with Crippen LogP contribution >= 0.6 is 0 Å². The molecule has 1 rings (SSSR count). The van der Waals surface area contributed by atoms with Gasteiger partial charge in [0, 0.05) is 0 Å². The highest BCUT2D eigenvalue weighted by molar-refractivity contribution is 4.89. The van der Waals surface area contributed by atoms with E-state index >= 15 is 0 Å². The van der Waals surface area contributed by atoms with Crippen LogP contribution < -0.4 is 0 Å². The van der Waals surface area contributed by atoms with Crippen molar-refractivity contribution in [2.75, 3.05) is 13.2 Å². The molecule has 10 heavy (non-hydrogen) atoms. The minimum absolute atomic E-state index is 0.280. The highest BCUT2D eigenvalue weighted by Crippen LogP contribution is 2.26. The van der Waals surface area contributed by atoms with E-state index in [9.17, 15) is 4.39 Å². The number of hydrogen-bond acceptors (Lipinski definition) is 4. The van der Waals surface area contributed by atoms with Gasteiger partial charge in [-0.2, -0.15) is 0 Å². The minimum Gasteiger partial charge on any atom is -0.393 e. The second kappa shape index (κ2) is 2.43. The zero-order valence-electron chi connectivity index (χ0n) is 5.20. The monoisotopic (exact) mass is 152 g/mol. The van der Waals surface area contributed by atoms with Crippen molar-refractivity contribution in [1.29, 1.82) is 0 Å². The van der Waals surface area contributed by atoms with Gasteiger partial charge in [-0.1, -0.05) is 0 Å². The second-order valence-electron chi connectivity index (χ2n) is 2.25. The summed E-state index contributed by atoms with van der Waals surface area (Å²) < 4.78 is 17.2. The summed E-state index contributed by atoms with van der Waals surface area (Å²) in [5, 5.41) is 25.8. The molecule has 1 heterocycles. The summed E-state index contributed by atoms with van der Waals surface area (Å²) in [7, 11) is 0. The lowest BCUT2D eigenvalue weighted by Gasteiger charge is -2.19. The predicted octanol–water partition coefficient (Wildman–Crippen LogP) is -1.60. The van der Waals surface area contributed by atoms with E-state index in [1.54, 1.807) is 0 Å². The van der Waals surface area contributed by atoms with E-state index in [0.717, 1.165) is 0 Å². The zero-order chi connectivity index (χ0) is 7.78. The fourth-order valence-electron chi connectivity index (χ4n) is 0.836. The SMILES string of the molecule is OC[C@H]1OC[C@H](O)[C@]1(O)F. The molecule has 4 nitrogen and oxygen atoms in total. The third-order valence-electron chi connectivity index (χ3n) is 1.54. The maximum absolute atomic E-state index is 12.7. The highest BCUT2D eigenvalue weighted by atomic mass is 19.2. The van der Waals surface area contributed by atoms with Gasteiger partial charge < -0.3 is 20.1 Å². The Hall–Kier alpha value is -0.230. The first-order valence-corrected chi connectivity index (χ1v) is 2.91. The molecule has 0 aromatic heterocycles. The summed E-state index contributed by atoms with van der Waals surface area (Å²) >= 11 is 0. The Labute approximate surface area is 56.9 Å². The van der Waals surface area contributed by atoms with E-state index in [0.29, 0.717) is 0 Å². The number of ether oxygens (including phenoxy) is 1. The summed E-state index contributed by atoms with van der Waals surface area (Å²) in [5.41, 5.74) is 0. The number of hydrogen-bond donors (Lipinski definition) is 3. The molecule has 1 saturated heterocycles. The first-order valence-electron chi connectivity index (χ1n) is 2.91. The smallest absolute Gasteiger partial charge is 0.263 e. The van der Waals surface area contributed by atoms with Gasteiger partial charge in [-0.15, -0.1) is 0 Å². The van der Waals surface area contributed by atoms with Gasteiger partial charge in [-0.25, -0.2) is 4.39 Å². The lowest BCUT2D eigenvalue weighted by atomic mass is 10.1. The van der Waals surface area contributed by atoms with Gasteiger partial charge in [0.2, 0.25) is 0 Å².